The lowest BCUT2D eigenvalue weighted by Gasteiger charge is -2.20. The molecule has 2 aromatic carbocycles. The first-order valence-corrected chi connectivity index (χ1v) is 7.11. The quantitative estimate of drug-likeness (QED) is 0.883. The van der Waals surface area contributed by atoms with Gasteiger partial charge in [-0.15, -0.1) is 0 Å². The lowest BCUT2D eigenvalue weighted by Crippen LogP contribution is -2.21. The fourth-order valence-corrected chi connectivity index (χ4v) is 2.59. The van der Waals surface area contributed by atoms with Crippen LogP contribution in [0.5, 0.6) is 0 Å². The molecule has 0 saturated heterocycles. The molecule has 0 spiro atoms. The van der Waals surface area contributed by atoms with E-state index < -0.39 is 0 Å². The molecule has 3 heteroatoms. The van der Waals surface area contributed by atoms with Gasteiger partial charge < -0.3 is 5.73 Å². The minimum Gasteiger partial charge on any atom is -0.324 e. The van der Waals surface area contributed by atoms with Gasteiger partial charge in [-0.1, -0.05) is 53.2 Å². The van der Waals surface area contributed by atoms with Crippen LogP contribution < -0.4 is 5.73 Å². The van der Waals surface area contributed by atoms with Gasteiger partial charge in [-0.3, -0.25) is 0 Å². The van der Waals surface area contributed by atoms with Gasteiger partial charge in [0, 0.05) is 10.5 Å². The molecule has 0 bridgehead atoms. The Labute approximate surface area is 121 Å². The molecule has 100 valence electrons. The Morgan fingerprint density at radius 1 is 1.16 bits per heavy atom. The maximum atomic E-state index is 13.7. The van der Waals surface area contributed by atoms with Gasteiger partial charge >= 0.3 is 0 Å². The molecule has 0 aliphatic rings. The van der Waals surface area contributed by atoms with E-state index in [1.807, 2.05) is 36.4 Å². The molecule has 0 fully saturated rings. The molecule has 2 unspecified atom stereocenters. The molecule has 2 N–H and O–H groups in total. The first kappa shape index (κ1) is 14.2. The highest BCUT2D eigenvalue weighted by atomic mass is 79.9. The first-order chi connectivity index (χ1) is 9.08. The summed E-state index contributed by atoms with van der Waals surface area (Å²) in [4.78, 5) is 0. The molecule has 0 aliphatic heterocycles. The lowest BCUT2D eigenvalue weighted by atomic mass is 9.90. The van der Waals surface area contributed by atoms with Gasteiger partial charge in [-0.2, -0.15) is 0 Å². The average Bonchev–Trinajstić information content (AvgIpc) is 2.43. The third kappa shape index (κ3) is 3.64. The Morgan fingerprint density at radius 3 is 2.53 bits per heavy atom. The number of rotatable bonds is 4. The Hall–Kier alpha value is -1.19. The SMILES string of the molecule is CC(Cc1cc(Br)ccc1F)C(N)c1ccccc1. The van der Waals surface area contributed by atoms with Crippen molar-refractivity contribution in [2.45, 2.75) is 19.4 Å². The topological polar surface area (TPSA) is 26.0 Å². The van der Waals surface area contributed by atoms with Gasteiger partial charge in [0.25, 0.3) is 0 Å². The fraction of sp³-hybridized carbons (Fsp3) is 0.250. The summed E-state index contributed by atoms with van der Waals surface area (Å²) in [5.74, 6) is 0.00140. The molecule has 2 rings (SSSR count). The predicted octanol–water partition coefficient (Wildman–Crippen LogP) is 4.47. The maximum absolute atomic E-state index is 13.7. The summed E-state index contributed by atoms with van der Waals surface area (Å²) < 4.78 is 14.6. The van der Waals surface area contributed by atoms with Crippen molar-refractivity contribution >= 4 is 15.9 Å². The minimum absolute atomic E-state index is 0.0837. The molecule has 0 aromatic heterocycles. The molecule has 1 nitrogen and oxygen atoms in total. The van der Waals surface area contributed by atoms with Crippen LogP contribution >= 0.6 is 15.9 Å². The summed E-state index contributed by atoms with van der Waals surface area (Å²) in [6.07, 6.45) is 0.626. The highest BCUT2D eigenvalue weighted by molar-refractivity contribution is 9.10. The minimum atomic E-state index is -0.171. The molecule has 0 saturated carbocycles. The summed E-state index contributed by atoms with van der Waals surface area (Å²) in [7, 11) is 0. The van der Waals surface area contributed by atoms with Crippen LogP contribution in [0.2, 0.25) is 0 Å². The third-order valence-corrected chi connectivity index (χ3v) is 3.84. The smallest absolute Gasteiger partial charge is 0.126 e. The van der Waals surface area contributed by atoms with Crippen LogP contribution in [0.1, 0.15) is 24.1 Å². The van der Waals surface area contributed by atoms with Crippen LogP contribution in [-0.4, -0.2) is 0 Å². The van der Waals surface area contributed by atoms with Crippen molar-refractivity contribution in [1.29, 1.82) is 0 Å². The average molecular weight is 322 g/mol. The van der Waals surface area contributed by atoms with Crippen molar-refractivity contribution in [2.24, 2.45) is 11.7 Å². The van der Waals surface area contributed by atoms with E-state index in [2.05, 4.69) is 22.9 Å². The number of nitrogens with two attached hydrogens (primary N) is 1. The van der Waals surface area contributed by atoms with Crippen LogP contribution in [0.4, 0.5) is 4.39 Å². The highest BCUT2D eigenvalue weighted by Crippen LogP contribution is 2.25. The Morgan fingerprint density at radius 2 is 1.84 bits per heavy atom. The molecular weight excluding hydrogens is 305 g/mol. The van der Waals surface area contributed by atoms with Gasteiger partial charge in [-0.25, -0.2) is 4.39 Å². The van der Waals surface area contributed by atoms with Crippen molar-refractivity contribution in [3.05, 3.63) is 69.9 Å². The summed E-state index contributed by atoms with van der Waals surface area (Å²) >= 11 is 3.37. The molecule has 2 aromatic rings. The Bertz CT molecular complexity index is 542. The molecule has 0 radical (unpaired) electrons. The monoisotopic (exact) mass is 321 g/mol. The van der Waals surface area contributed by atoms with E-state index in [1.54, 1.807) is 6.07 Å². The number of hydrogen-bond donors (Lipinski definition) is 1. The summed E-state index contributed by atoms with van der Waals surface area (Å²) in [5.41, 5.74) is 8.03. The Balaban J connectivity index is 2.12. The van der Waals surface area contributed by atoms with Gasteiger partial charge in [0.2, 0.25) is 0 Å². The van der Waals surface area contributed by atoms with Gasteiger partial charge in [0.1, 0.15) is 5.82 Å². The van der Waals surface area contributed by atoms with E-state index in [4.69, 9.17) is 5.73 Å². The molecule has 2 atom stereocenters. The van der Waals surface area contributed by atoms with Crippen LogP contribution in [-0.2, 0) is 6.42 Å². The van der Waals surface area contributed by atoms with Crippen molar-refractivity contribution in [2.75, 3.05) is 0 Å². The second kappa shape index (κ2) is 6.31. The second-order valence-electron chi connectivity index (χ2n) is 4.85. The van der Waals surface area contributed by atoms with E-state index in [-0.39, 0.29) is 17.8 Å². The zero-order chi connectivity index (χ0) is 13.8. The van der Waals surface area contributed by atoms with Gasteiger partial charge in [-0.05, 0) is 41.7 Å². The second-order valence-corrected chi connectivity index (χ2v) is 5.77. The number of benzene rings is 2. The third-order valence-electron chi connectivity index (χ3n) is 3.35. The summed E-state index contributed by atoms with van der Waals surface area (Å²) in [6.45, 7) is 2.05. The molecule has 0 aliphatic carbocycles. The van der Waals surface area contributed by atoms with Gasteiger partial charge in [0.15, 0.2) is 0 Å². The Kier molecular flexibility index (Phi) is 4.72. The van der Waals surface area contributed by atoms with E-state index in [1.165, 1.54) is 6.07 Å². The standard InChI is InChI=1S/C16H17BrFN/c1-11(16(19)12-5-3-2-4-6-12)9-13-10-14(17)7-8-15(13)18/h2-8,10-11,16H,9,19H2,1H3. The largest absolute Gasteiger partial charge is 0.324 e. The normalized spacial score (nSPS) is 14.1. The predicted molar refractivity (Wildman–Crippen MR) is 80.3 cm³/mol. The maximum Gasteiger partial charge on any atom is 0.126 e. The molecule has 19 heavy (non-hydrogen) atoms. The summed E-state index contributed by atoms with van der Waals surface area (Å²) in [5, 5.41) is 0. The van der Waals surface area contributed by atoms with Crippen LogP contribution in [0.25, 0.3) is 0 Å². The number of halogens is 2. The van der Waals surface area contributed by atoms with Crippen molar-refractivity contribution in [1.82, 2.24) is 0 Å². The number of hydrogen-bond acceptors (Lipinski definition) is 1. The highest BCUT2D eigenvalue weighted by Gasteiger charge is 2.17. The first-order valence-electron chi connectivity index (χ1n) is 6.32. The fourth-order valence-electron chi connectivity index (χ4n) is 2.18. The van der Waals surface area contributed by atoms with Crippen LogP contribution in [0, 0.1) is 11.7 Å². The zero-order valence-corrected chi connectivity index (χ0v) is 12.4. The van der Waals surface area contributed by atoms with Crippen molar-refractivity contribution in [3.8, 4) is 0 Å². The van der Waals surface area contributed by atoms with Gasteiger partial charge in [0.05, 0.1) is 0 Å². The molecule has 0 heterocycles. The van der Waals surface area contributed by atoms with E-state index >= 15 is 0 Å². The van der Waals surface area contributed by atoms with Crippen molar-refractivity contribution < 1.29 is 4.39 Å². The zero-order valence-electron chi connectivity index (χ0n) is 10.8. The van der Waals surface area contributed by atoms with Crippen LogP contribution in [0.15, 0.2) is 53.0 Å². The van der Waals surface area contributed by atoms with Crippen LogP contribution in [0.3, 0.4) is 0 Å². The van der Waals surface area contributed by atoms with Crippen molar-refractivity contribution in [3.63, 3.8) is 0 Å². The van der Waals surface area contributed by atoms with E-state index in [9.17, 15) is 4.39 Å². The van der Waals surface area contributed by atoms with E-state index in [0.717, 1.165) is 10.0 Å². The molecule has 0 amide bonds. The lowest BCUT2D eigenvalue weighted by molar-refractivity contribution is 0.457. The van der Waals surface area contributed by atoms with E-state index in [0.29, 0.717) is 12.0 Å². The summed E-state index contributed by atoms with van der Waals surface area (Å²) in [6, 6.07) is 14.9. The molecular formula is C16H17BrFN.